The van der Waals surface area contributed by atoms with Crippen molar-refractivity contribution in [3.8, 4) is 11.3 Å². The van der Waals surface area contributed by atoms with Gasteiger partial charge in [-0.25, -0.2) is 19.7 Å². The maximum Gasteiger partial charge on any atom is 0.420 e. The second-order valence-corrected chi connectivity index (χ2v) is 11.9. The Morgan fingerprint density at radius 3 is 2.58 bits per heavy atom. The molecular weight excluding hydrogens is 523 g/mol. The van der Waals surface area contributed by atoms with Crippen LogP contribution in [0.25, 0.3) is 22.3 Å². The average molecular weight is 560 g/mol. The highest BCUT2D eigenvalue weighted by Crippen LogP contribution is 2.43. The van der Waals surface area contributed by atoms with Crippen molar-refractivity contribution < 1.29 is 23.1 Å². The van der Waals surface area contributed by atoms with Gasteiger partial charge in [-0.2, -0.15) is 13.2 Å². The van der Waals surface area contributed by atoms with Crippen molar-refractivity contribution in [1.29, 1.82) is 0 Å². The number of alkyl halides is 3. The maximum absolute atomic E-state index is 14.6. The van der Waals surface area contributed by atoms with Crippen molar-refractivity contribution in [2.24, 2.45) is 5.92 Å². The van der Waals surface area contributed by atoms with E-state index in [2.05, 4.69) is 30.2 Å². The van der Waals surface area contributed by atoms with E-state index in [-0.39, 0.29) is 23.4 Å². The van der Waals surface area contributed by atoms with Gasteiger partial charge in [0.1, 0.15) is 11.2 Å². The molecule has 0 bridgehead atoms. The van der Waals surface area contributed by atoms with Gasteiger partial charge in [0, 0.05) is 61.0 Å². The molecule has 2 aliphatic heterocycles. The van der Waals surface area contributed by atoms with Gasteiger partial charge in [-0.1, -0.05) is 20.8 Å². The van der Waals surface area contributed by atoms with Crippen LogP contribution in [0.1, 0.15) is 57.7 Å². The maximum atomic E-state index is 14.6. The molecule has 3 aromatic heterocycles. The Hall–Kier alpha value is -3.41. The summed E-state index contributed by atoms with van der Waals surface area (Å²) in [5, 5.41) is 13.1. The van der Waals surface area contributed by atoms with Gasteiger partial charge in [0.2, 0.25) is 5.95 Å². The van der Waals surface area contributed by atoms with E-state index in [1.54, 1.807) is 39.1 Å². The largest absolute Gasteiger partial charge is 0.465 e. The lowest BCUT2D eigenvalue weighted by atomic mass is 9.86. The summed E-state index contributed by atoms with van der Waals surface area (Å²) in [7, 11) is 0. The molecule has 0 aromatic carbocycles. The third kappa shape index (κ3) is 6.01. The first-order valence-electron chi connectivity index (χ1n) is 13.8. The first kappa shape index (κ1) is 28.1. The fourth-order valence-electron chi connectivity index (χ4n) is 5.80. The van der Waals surface area contributed by atoms with E-state index in [9.17, 15) is 18.0 Å². The molecule has 0 aliphatic carbocycles. The molecule has 0 spiro atoms. The number of hydrogen-bond donors (Lipinski definition) is 3. The first-order chi connectivity index (χ1) is 18.9. The number of nitrogens with zero attached hydrogens (tertiary/aromatic N) is 5. The van der Waals surface area contributed by atoms with Gasteiger partial charge in [0.15, 0.2) is 0 Å². The number of carboxylic acid groups (broad SMARTS) is 1. The summed E-state index contributed by atoms with van der Waals surface area (Å²) in [6.45, 7) is 8.88. The number of H-pyrrole nitrogens is 1. The molecule has 2 aliphatic rings. The van der Waals surface area contributed by atoms with Crippen LogP contribution in [0.15, 0.2) is 24.5 Å². The molecule has 3 aromatic rings. The van der Waals surface area contributed by atoms with Crippen molar-refractivity contribution >= 4 is 23.1 Å². The molecule has 0 radical (unpaired) electrons. The van der Waals surface area contributed by atoms with Crippen LogP contribution in [0.2, 0.25) is 0 Å². The summed E-state index contributed by atoms with van der Waals surface area (Å²) in [6.07, 6.45) is 1.22. The Morgan fingerprint density at radius 1 is 1.15 bits per heavy atom. The molecule has 5 rings (SSSR count). The number of piperidine rings is 1. The number of aromatic nitrogens is 4. The van der Waals surface area contributed by atoms with Gasteiger partial charge >= 0.3 is 12.3 Å². The summed E-state index contributed by atoms with van der Waals surface area (Å²) in [6, 6.07) is 3.44. The van der Waals surface area contributed by atoms with Crippen LogP contribution in [0, 0.1) is 5.92 Å². The lowest BCUT2D eigenvalue weighted by Crippen LogP contribution is -2.38. The summed E-state index contributed by atoms with van der Waals surface area (Å²) in [5.41, 5.74) is -1.06. The summed E-state index contributed by atoms with van der Waals surface area (Å²) in [5.74, 6) is 0.697. The molecule has 9 nitrogen and oxygen atoms in total. The van der Waals surface area contributed by atoms with E-state index in [0.717, 1.165) is 45.3 Å². The highest BCUT2D eigenvalue weighted by Gasteiger charge is 2.42. The van der Waals surface area contributed by atoms with Crippen molar-refractivity contribution in [3.05, 3.63) is 35.8 Å². The average Bonchev–Trinajstić information content (AvgIpc) is 3.53. The lowest BCUT2D eigenvalue weighted by Gasteiger charge is -2.31. The van der Waals surface area contributed by atoms with Crippen molar-refractivity contribution in [2.75, 3.05) is 38.0 Å². The Bertz CT molecular complexity index is 1360. The van der Waals surface area contributed by atoms with Crippen molar-refractivity contribution in [1.82, 2.24) is 29.7 Å². The van der Waals surface area contributed by atoms with E-state index < -0.39 is 23.2 Å². The molecule has 3 N–H and O–H groups in total. The number of rotatable bonds is 6. The van der Waals surface area contributed by atoms with Gasteiger partial charge in [-0.3, -0.25) is 0 Å². The monoisotopic (exact) mass is 559 g/mol. The Labute approximate surface area is 231 Å². The predicted molar refractivity (Wildman–Crippen MR) is 146 cm³/mol. The van der Waals surface area contributed by atoms with Gasteiger partial charge in [-0.05, 0) is 50.3 Å². The van der Waals surface area contributed by atoms with E-state index in [0.29, 0.717) is 35.6 Å². The molecule has 0 unspecified atom stereocenters. The summed E-state index contributed by atoms with van der Waals surface area (Å²) >= 11 is 0. The highest BCUT2D eigenvalue weighted by molar-refractivity contribution is 5.93. The number of fused-ring (bicyclic) bond motifs is 1. The van der Waals surface area contributed by atoms with Crippen LogP contribution in [0.3, 0.4) is 0 Å². The van der Waals surface area contributed by atoms with E-state index >= 15 is 0 Å². The number of halogens is 3. The Balaban J connectivity index is 1.35. The van der Waals surface area contributed by atoms with Gasteiger partial charge < -0.3 is 25.2 Å². The van der Waals surface area contributed by atoms with Crippen molar-refractivity contribution in [3.63, 3.8) is 0 Å². The smallest absolute Gasteiger partial charge is 0.420 e. The molecule has 2 fully saturated rings. The molecule has 12 heteroatoms. The zero-order chi connectivity index (χ0) is 28.7. The van der Waals surface area contributed by atoms with Gasteiger partial charge in [0.25, 0.3) is 0 Å². The van der Waals surface area contributed by atoms with Crippen LogP contribution in [-0.4, -0.2) is 79.7 Å². The van der Waals surface area contributed by atoms with Gasteiger partial charge in [-0.15, -0.1) is 0 Å². The Morgan fingerprint density at radius 2 is 1.90 bits per heavy atom. The zero-order valence-corrected chi connectivity index (χ0v) is 23.1. The number of carbonyl (C=O) groups is 1. The molecule has 1 amide bonds. The second-order valence-electron chi connectivity index (χ2n) is 11.9. The zero-order valence-electron chi connectivity index (χ0n) is 23.1. The van der Waals surface area contributed by atoms with E-state index in [1.807, 2.05) is 0 Å². The minimum Gasteiger partial charge on any atom is -0.465 e. The summed E-state index contributed by atoms with van der Waals surface area (Å²) in [4.78, 5) is 31.1. The normalized spacial score (nSPS) is 19.4. The number of anilines is 1. The molecule has 1 atom stereocenters. The second kappa shape index (κ2) is 10.9. The number of likely N-dealkylation sites (tertiary alicyclic amines) is 2. The fourth-order valence-corrected chi connectivity index (χ4v) is 5.80. The van der Waals surface area contributed by atoms with Crippen LogP contribution in [0.5, 0.6) is 0 Å². The molecule has 5 heterocycles. The number of aromatic amines is 1. The molecule has 40 heavy (non-hydrogen) atoms. The molecular formula is C28H36F3N7O2. The van der Waals surface area contributed by atoms with Crippen LogP contribution in [0.4, 0.5) is 23.9 Å². The number of pyridine rings is 1. The van der Waals surface area contributed by atoms with Crippen LogP contribution < -0.4 is 5.32 Å². The van der Waals surface area contributed by atoms with Crippen LogP contribution >= 0.6 is 0 Å². The third-order valence-corrected chi connectivity index (χ3v) is 7.95. The van der Waals surface area contributed by atoms with Crippen molar-refractivity contribution in [2.45, 2.75) is 64.1 Å². The SMILES string of the molecule is CC(C)(C)c1nc(N[C@@H]2CCN(CCC3CCN(C(=O)O)CC3)C2)nc(-c2c[nH]c3ncccc23)c1C(F)(F)F. The fraction of sp³-hybridized carbons (Fsp3) is 0.571. The standard InChI is InChI=1S/C28H36F3N7O2/c1-27(2,3)23-21(28(29,30)31)22(20-15-33-24-19(20)5-4-10-32-24)35-25(36-23)34-18-9-12-37(16-18)11-6-17-7-13-38(14-8-17)26(39)40/h4-5,10,15,17-18H,6-9,11-14,16H2,1-3H3,(H,32,33)(H,39,40)(H,34,35,36)/t18-/m1/s1. The van der Waals surface area contributed by atoms with Gasteiger partial charge in [0.05, 0.1) is 11.4 Å². The highest BCUT2D eigenvalue weighted by atomic mass is 19.4. The lowest BCUT2D eigenvalue weighted by molar-refractivity contribution is -0.138. The topological polar surface area (TPSA) is 110 Å². The molecule has 2 saturated heterocycles. The first-order valence-corrected chi connectivity index (χ1v) is 13.8. The predicted octanol–water partition coefficient (Wildman–Crippen LogP) is 5.60. The quantitative estimate of drug-likeness (QED) is 0.361. The molecule has 0 saturated carbocycles. The Kier molecular flexibility index (Phi) is 7.64. The minimum absolute atomic E-state index is 0.0101. The number of nitrogens with one attached hydrogen (secondary N) is 2. The minimum atomic E-state index is -4.65. The summed E-state index contributed by atoms with van der Waals surface area (Å²) < 4.78 is 43.7. The van der Waals surface area contributed by atoms with E-state index in [1.165, 1.54) is 11.1 Å². The van der Waals surface area contributed by atoms with E-state index in [4.69, 9.17) is 5.11 Å². The molecule has 216 valence electrons. The number of hydrogen-bond acceptors (Lipinski definition) is 6. The van der Waals surface area contributed by atoms with Crippen LogP contribution in [-0.2, 0) is 11.6 Å². The number of amides is 1. The third-order valence-electron chi connectivity index (χ3n) is 7.95.